The van der Waals surface area contributed by atoms with Crippen molar-refractivity contribution in [1.82, 2.24) is 0 Å². The minimum Gasteiger partial charge on any atom is -0.461 e. The highest BCUT2D eigenvalue weighted by atomic mass is 16.5. The van der Waals surface area contributed by atoms with Crippen LogP contribution in [0.3, 0.4) is 0 Å². The summed E-state index contributed by atoms with van der Waals surface area (Å²) >= 11 is 0. The number of aliphatic hydroxyl groups is 3. The van der Waals surface area contributed by atoms with E-state index >= 15 is 0 Å². The molecule has 0 saturated heterocycles. The summed E-state index contributed by atoms with van der Waals surface area (Å²) in [7, 11) is 0. The molecule has 4 aliphatic rings. The number of hydrogen-bond donors (Lipinski definition) is 3. The number of esters is 1. The Morgan fingerprint density at radius 2 is 1.89 bits per heavy atom. The van der Waals surface area contributed by atoms with Crippen LogP contribution in [0.4, 0.5) is 0 Å². The number of fused-ring (bicyclic) bond motifs is 2. The smallest absolute Gasteiger partial charge is 0.302 e. The highest BCUT2D eigenvalue weighted by Gasteiger charge is 2.70. The Kier molecular flexibility index (Phi) is 4.03. The molecule has 3 N–H and O–H groups in total. The van der Waals surface area contributed by atoms with Crippen LogP contribution in [0.1, 0.15) is 53.4 Å². The van der Waals surface area contributed by atoms with Crippen molar-refractivity contribution in [3.63, 3.8) is 0 Å². The largest absolute Gasteiger partial charge is 0.461 e. The van der Waals surface area contributed by atoms with Gasteiger partial charge in [0.05, 0.1) is 12.2 Å². The van der Waals surface area contributed by atoms with E-state index in [4.69, 9.17) is 4.74 Å². The van der Waals surface area contributed by atoms with Gasteiger partial charge in [0, 0.05) is 29.6 Å². The van der Waals surface area contributed by atoms with Crippen molar-refractivity contribution in [2.24, 2.45) is 28.6 Å². The molecule has 4 aliphatic carbocycles. The van der Waals surface area contributed by atoms with Gasteiger partial charge < -0.3 is 20.1 Å². The van der Waals surface area contributed by atoms with Gasteiger partial charge in [0.25, 0.3) is 0 Å². The molecule has 27 heavy (non-hydrogen) atoms. The zero-order valence-electron chi connectivity index (χ0n) is 16.7. The van der Waals surface area contributed by atoms with Crippen molar-refractivity contribution < 1.29 is 24.9 Å². The van der Waals surface area contributed by atoms with Gasteiger partial charge in [-0.25, -0.2) is 0 Å². The number of hydrogen-bond acceptors (Lipinski definition) is 5. The summed E-state index contributed by atoms with van der Waals surface area (Å²) < 4.78 is 5.81. The Balaban J connectivity index is 1.85. The maximum atomic E-state index is 11.9. The highest BCUT2D eigenvalue weighted by molar-refractivity contribution is 5.66. The second-order valence-corrected chi connectivity index (χ2v) is 9.91. The van der Waals surface area contributed by atoms with Crippen LogP contribution in [0, 0.1) is 28.6 Å². The lowest BCUT2D eigenvalue weighted by atomic mass is 9.60. The fourth-order valence-corrected chi connectivity index (χ4v) is 6.98. The molecule has 8 atom stereocenters. The van der Waals surface area contributed by atoms with E-state index in [1.165, 1.54) is 12.5 Å². The maximum absolute atomic E-state index is 11.9. The number of aliphatic hydroxyl groups excluding tert-OH is 2. The minimum absolute atomic E-state index is 0.0188. The van der Waals surface area contributed by atoms with Gasteiger partial charge in [-0.05, 0) is 38.5 Å². The molecule has 1 spiro atoms. The lowest BCUT2D eigenvalue weighted by molar-refractivity contribution is -0.178. The van der Waals surface area contributed by atoms with E-state index in [2.05, 4.69) is 19.6 Å². The van der Waals surface area contributed by atoms with Crippen LogP contribution in [0.15, 0.2) is 23.8 Å². The first-order valence-electron chi connectivity index (χ1n) is 10.1. The quantitative estimate of drug-likeness (QED) is 0.483. The number of rotatable bonds is 1. The monoisotopic (exact) mass is 376 g/mol. The molecule has 0 heterocycles. The van der Waals surface area contributed by atoms with Gasteiger partial charge in [0.1, 0.15) is 11.7 Å². The average molecular weight is 376 g/mol. The molecule has 0 amide bonds. The summed E-state index contributed by atoms with van der Waals surface area (Å²) in [5, 5.41) is 33.7. The third kappa shape index (κ3) is 2.19. The lowest BCUT2D eigenvalue weighted by Crippen LogP contribution is -2.57. The fourth-order valence-electron chi connectivity index (χ4n) is 6.98. The number of ether oxygens (including phenoxy) is 1. The van der Waals surface area contributed by atoms with Crippen LogP contribution in [0.5, 0.6) is 0 Å². The van der Waals surface area contributed by atoms with Crippen LogP contribution in [0.2, 0.25) is 0 Å². The summed E-state index contributed by atoms with van der Waals surface area (Å²) in [6.45, 7) is 11.5. The van der Waals surface area contributed by atoms with Crippen LogP contribution < -0.4 is 0 Å². The standard InChI is InChI=1S/C22H32O5/c1-11-9-21-10-18(25)22(26)16(8-17(24)20(22,4)5)12(2)15(21)7-6-14(11)19(21)27-13(3)23/h9,14-19,24-26H,2,6-8,10H2,1,3-5H3/t14-,15-,16-,17-,18+,19?,21+,22-/m0/s1. The third-order valence-corrected chi connectivity index (χ3v) is 8.49. The summed E-state index contributed by atoms with van der Waals surface area (Å²) in [6.07, 6.45) is 2.64. The summed E-state index contributed by atoms with van der Waals surface area (Å²) in [5.41, 5.74) is -0.744. The van der Waals surface area contributed by atoms with E-state index in [1.807, 2.05) is 13.8 Å². The first-order valence-corrected chi connectivity index (χ1v) is 10.1. The fraction of sp³-hybridized carbons (Fsp3) is 0.773. The van der Waals surface area contributed by atoms with Crippen LogP contribution in [-0.4, -0.2) is 45.2 Å². The van der Waals surface area contributed by atoms with E-state index in [1.54, 1.807) is 0 Å². The summed E-state index contributed by atoms with van der Waals surface area (Å²) in [6, 6.07) is 0. The average Bonchev–Trinajstić information content (AvgIpc) is 2.81. The van der Waals surface area contributed by atoms with Gasteiger partial charge in [0.15, 0.2) is 0 Å². The van der Waals surface area contributed by atoms with Crippen molar-refractivity contribution in [2.45, 2.75) is 77.3 Å². The Hall–Kier alpha value is -1.17. The maximum Gasteiger partial charge on any atom is 0.302 e. The topological polar surface area (TPSA) is 87.0 Å². The normalized spacial score (nSPS) is 50.5. The zero-order valence-corrected chi connectivity index (χ0v) is 16.7. The first kappa shape index (κ1) is 19.2. The third-order valence-electron chi connectivity index (χ3n) is 8.49. The van der Waals surface area contributed by atoms with Crippen molar-refractivity contribution in [2.75, 3.05) is 0 Å². The van der Waals surface area contributed by atoms with Crippen molar-refractivity contribution >= 4 is 5.97 Å². The Morgan fingerprint density at radius 1 is 1.22 bits per heavy atom. The molecular weight excluding hydrogens is 344 g/mol. The van der Waals surface area contributed by atoms with Crippen molar-refractivity contribution in [3.05, 3.63) is 23.8 Å². The number of carbonyl (C=O) groups is 1. The molecule has 3 fully saturated rings. The van der Waals surface area contributed by atoms with Gasteiger partial charge in [-0.3, -0.25) is 4.79 Å². The van der Waals surface area contributed by atoms with E-state index in [0.29, 0.717) is 12.8 Å². The Bertz CT molecular complexity index is 724. The molecular formula is C22H32O5. The SMILES string of the molecule is C=C1[C@@H]2C[C@H](O)C(C)(C)[C@@]2(O)[C@H](O)C[C@]23C=C(C)[C@H](CC[C@@H]12)C3OC(C)=O. The van der Waals surface area contributed by atoms with Gasteiger partial charge in [-0.1, -0.05) is 37.6 Å². The van der Waals surface area contributed by atoms with Crippen molar-refractivity contribution in [3.8, 4) is 0 Å². The Labute approximate surface area is 161 Å². The van der Waals surface area contributed by atoms with Gasteiger partial charge in [-0.2, -0.15) is 0 Å². The molecule has 0 aromatic carbocycles. The molecule has 0 aliphatic heterocycles. The van der Waals surface area contributed by atoms with E-state index < -0.39 is 28.6 Å². The van der Waals surface area contributed by atoms with Gasteiger partial charge in [0.2, 0.25) is 0 Å². The molecule has 150 valence electrons. The Morgan fingerprint density at radius 3 is 2.52 bits per heavy atom. The molecule has 0 radical (unpaired) electrons. The molecule has 5 heteroatoms. The first-order chi connectivity index (χ1) is 12.5. The van der Waals surface area contributed by atoms with E-state index in [-0.39, 0.29) is 29.8 Å². The highest BCUT2D eigenvalue weighted by Crippen LogP contribution is 2.66. The predicted octanol–water partition coefficient (Wildman–Crippen LogP) is 2.35. The van der Waals surface area contributed by atoms with Crippen LogP contribution in [0.25, 0.3) is 0 Å². The van der Waals surface area contributed by atoms with Crippen molar-refractivity contribution in [1.29, 1.82) is 0 Å². The summed E-state index contributed by atoms with van der Waals surface area (Å²) in [4.78, 5) is 11.9. The molecule has 1 unspecified atom stereocenters. The van der Waals surface area contributed by atoms with Gasteiger partial charge >= 0.3 is 5.97 Å². The molecule has 2 bridgehead atoms. The second-order valence-electron chi connectivity index (χ2n) is 9.91. The van der Waals surface area contributed by atoms with Crippen LogP contribution >= 0.6 is 0 Å². The molecule has 0 aromatic heterocycles. The molecule has 5 nitrogen and oxygen atoms in total. The van der Waals surface area contributed by atoms with Crippen LogP contribution in [-0.2, 0) is 9.53 Å². The van der Waals surface area contributed by atoms with E-state index in [9.17, 15) is 20.1 Å². The number of carbonyl (C=O) groups excluding carboxylic acids is 1. The van der Waals surface area contributed by atoms with Gasteiger partial charge in [-0.15, -0.1) is 0 Å². The zero-order chi connectivity index (χ0) is 19.9. The predicted molar refractivity (Wildman–Crippen MR) is 101 cm³/mol. The molecule has 3 saturated carbocycles. The lowest BCUT2D eigenvalue weighted by Gasteiger charge is -2.47. The summed E-state index contributed by atoms with van der Waals surface area (Å²) in [5.74, 6) is -0.500. The van der Waals surface area contributed by atoms with E-state index in [0.717, 1.165) is 18.4 Å². The molecule has 0 aromatic rings. The second kappa shape index (κ2) is 5.68. The minimum atomic E-state index is -1.45. The molecule has 4 rings (SSSR count).